The Labute approximate surface area is 236 Å². The molecular formula is C28H2F12N4. The van der Waals surface area contributed by atoms with Gasteiger partial charge in [0.2, 0.25) is 0 Å². The van der Waals surface area contributed by atoms with Crippen LogP contribution in [0.15, 0.2) is 22.8 Å². The van der Waals surface area contributed by atoms with Crippen LogP contribution in [0.5, 0.6) is 0 Å². The molecule has 0 unspecified atom stereocenters. The monoisotopic (exact) mass is 622 g/mol. The minimum Gasteiger partial charge on any atom is -0.204 e. The number of halogens is 12. The van der Waals surface area contributed by atoms with E-state index in [9.17, 15) is 63.2 Å². The third kappa shape index (κ3) is 4.41. The van der Waals surface area contributed by atoms with Crippen LogP contribution in [-0.4, -0.2) is 0 Å². The van der Waals surface area contributed by atoms with Crippen molar-refractivity contribution >= 4 is 17.2 Å². The van der Waals surface area contributed by atoms with Gasteiger partial charge in [-0.15, -0.1) is 0 Å². The predicted octanol–water partition coefficient (Wildman–Crippen LogP) is 7.45. The molecule has 0 aromatic heterocycles. The number of allylic oxidation sites excluding steroid dienone is 5. The van der Waals surface area contributed by atoms with E-state index in [1.807, 2.05) is 0 Å². The first-order chi connectivity index (χ1) is 20.7. The molecule has 3 aromatic rings. The molecule has 3 aromatic carbocycles. The second-order valence-corrected chi connectivity index (χ2v) is 8.40. The van der Waals surface area contributed by atoms with Crippen molar-refractivity contribution in [2.75, 3.05) is 0 Å². The van der Waals surface area contributed by atoms with E-state index in [2.05, 4.69) is 0 Å². The van der Waals surface area contributed by atoms with Crippen LogP contribution < -0.4 is 0 Å². The van der Waals surface area contributed by atoms with Crippen molar-refractivity contribution in [1.82, 2.24) is 0 Å². The molecule has 0 radical (unpaired) electrons. The van der Waals surface area contributed by atoms with Crippen LogP contribution in [0, 0.1) is 115 Å². The van der Waals surface area contributed by atoms with Crippen molar-refractivity contribution < 1.29 is 52.7 Å². The molecule has 0 heterocycles. The summed E-state index contributed by atoms with van der Waals surface area (Å²) in [7, 11) is 0. The Hall–Kier alpha value is -6.00. The molecule has 4 rings (SSSR count). The average molecular weight is 622 g/mol. The van der Waals surface area contributed by atoms with Gasteiger partial charge >= 0.3 is 0 Å². The molecule has 1 aliphatic rings. The first-order valence-corrected chi connectivity index (χ1v) is 11.1. The zero-order valence-electron chi connectivity index (χ0n) is 20.5. The molecule has 4 nitrogen and oxygen atoms in total. The van der Waals surface area contributed by atoms with Crippen molar-refractivity contribution in [3.8, 4) is 24.3 Å². The summed E-state index contributed by atoms with van der Waals surface area (Å²) >= 11 is 0. The highest BCUT2D eigenvalue weighted by Gasteiger charge is 2.43. The van der Waals surface area contributed by atoms with Gasteiger partial charge in [-0.1, -0.05) is 0 Å². The van der Waals surface area contributed by atoms with Crippen molar-refractivity contribution in [2.45, 2.75) is 0 Å². The molecule has 1 aliphatic carbocycles. The van der Waals surface area contributed by atoms with E-state index in [0.29, 0.717) is 0 Å². The van der Waals surface area contributed by atoms with Gasteiger partial charge in [0.25, 0.3) is 0 Å². The van der Waals surface area contributed by atoms with Crippen molar-refractivity contribution in [2.24, 2.45) is 0 Å². The Morgan fingerprint density at radius 2 is 0.818 bits per heavy atom. The van der Waals surface area contributed by atoms with Crippen LogP contribution in [0.1, 0.15) is 27.8 Å². The first-order valence-electron chi connectivity index (χ1n) is 11.1. The molecule has 218 valence electrons. The summed E-state index contributed by atoms with van der Waals surface area (Å²) < 4.78 is 174. The quantitative estimate of drug-likeness (QED) is 0.172. The van der Waals surface area contributed by atoms with Crippen LogP contribution >= 0.6 is 0 Å². The van der Waals surface area contributed by atoms with Gasteiger partial charge in [-0.2, -0.15) is 21.0 Å². The summed E-state index contributed by atoms with van der Waals surface area (Å²) in [5.41, 5.74) is -15.7. The van der Waals surface area contributed by atoms with Gasteiger partial charge in [-0.05, 0) is 11.6 Å². The summed E-state index contributed by atoms with van der Waals surface area (Å²) in [4.78, 5) is 0. The molecule has 16 heteroatoms. The highest BCUT2D eigenvalue weighted by molar-refractivity contribution is 6.08. The molecule has 1 fully saturated rings. The molecule has 44 heavy (non-hydrogen) atoms. The number of nitriles is 4. The second-order valence-electron chi connectivity index (χ2n) is 8.40. The summed E-state index contributed by atoms with van der Waals surface area (Å²) in [6.45, 7) is 0. The van der Waals surface area contributed by atoms with Crippen molar-refractivity contribution in [3.05, 3.63) is 120 Å². The van der Waals surface area contributed by atoms with Crippen molar-refractivity contribution in [1.29, 1.82) is 21.0 Å². The lowest BCUT2D eigenvalue weighted by Gasteiger charge is -2.07. The summed E-state index contributed by atoms with van der Waals surface area (Å²) in [6.07, 6.45) is 0.00889. The maximum absolute atomic E-state index is 14.9. The second kappa shape index (κ2) is 11.0. The fourth-order valence-corrected chi connectivity index (χ4v) is 4.10. The van der Waals surface area contributed by atoms with Crippen LogP contribution in [0.25, 0.3) is 17.2 Å². The summed E-state index contributed by atoms with van der Waals surface area (Å²) in [5, 5.41) is 36.9. The fraction of sp³-hybridized carbons (Fsp3) is 0. The molecule has 1 saturated carbocycles. The van der Waals surface area contributed by atoms with Crippen LogP contribution in [0.2, 0.25) is 0 Å². The normalized spacial score (nSPS) is 15.3. The number of nitrogens with zero attached hydrogens (tertiary/aromatic N) is 4. The van der Waals surface area contributed by atoms with E-state index in [1.165, 1.54) is 0 Å². The Bertz CT molecular complexity index is 2050. The average Bonchev–Trinajstić information content (AvgIpc) is 3.69. The van der Waals surface area contributed by atoms with Gasteiger partial charge in [0.05, 0.1) is 27.8 Å². The van der Waals surface area contributed by atoms with E-state index < -0.39 is 125 Å². The number of rotatable bonds is 3. The zero-order valence-corrected chi connectivity index (χ0v) is 20.5. The van der Waals surface area contributed by atoms with E-state index >= 15 is 0 Å². The Morgan fingerprint density at radius 1 is 0.477 bits per heavy atom. The molecule has 0 aliphatic heterocycles. The minimum atomic E-state index is -2.42. The lowest BCUT2D eigenvalue weighted by Crippen LogP contribution is -2.06. The molecule has 0 spiro atoms. The SMILES string of the molecule is N#CC(=C1C(=Cc2c(F)c(F)c(C#N)c(F)c2F)C1=C(C#N)c1c(F)c(F)c(C#N)c(F)c1F)c1c(F)c(F)cc(F)c1F. The van der Waals surface area contributed by atoms with Crippen molar-refractivity contribution in [3.63, 3.8) is 0 Å². The first kappa shape index (κ1) is 30.9. The van der Waals surface area contributed by atoms with Gasteiger partial charge in [0, 0.05) is 17.2 Å². The zero-order chi connectivity index (χ0) is 32.9. The highest BCUT2D eigenvalue weighted by Crippen LogP contribution is 2.55. The maximum atomic E-state index is 14.9. The van der Waals surface area contributed by atoms with Gasteiger partial charge in [-0.25, -0.2) is 52.7 Å². The van der Waals surface area contributed by atoms with Crippen LogP contribution in [-0.2, 0) is 0 Å². The lowest BCUT2D eigenvalue weighted by atomic mass is 9.99. The van der Waals surface area contributed by atoms with Crippen LogP contribution in [0.3, 0.4) is 0 Å². The third-order valence-electron chi connectivity index (χ3n) is 6.13. The van der Waals surface area contributed by atoms with E-state index in [1.54, 1.807) is 0 Å². The van der Waals surface area contributed by atoms with E-state index in [0.717, 1.165) is 24.3 Å². The van der Waals surface area contributed by atoms with Gasteiger partial charge in [-0.3, -0.25) is 0 Å². The summed E-state index contributed by atoms with van der Waals surface area (Å²) in [5.74, 6) is -27.5. The Balaban J connectivity index is 2.25. The molecular weight excluding hydrogens is 620 g/mol. The minimum absolute atomic E-state index is 0.00889. The highest BCUT2D eigenvalue weighted by atomic mass is 19.2. The van der Waals surface area contributed by atoms with Gasteiger partial charge in [0.1, 0.15) is 35.4 Å². The predicted molar refractivity (Wildman–Crippen MR) is 121 cm³/mol. The van der Waals surface area contributed by atoms with E-state index in [4.69, 9.17) is 10.5 Å². The number of benzene rings is 3. The third-order valence-corrected chi connectivity index (χ3v) is 6.13. The Morgan fingerprint density at radius 3 is 1.16 bits per heavy atom. The van der Waals surface area contributed by atoms with E-state index in [-0.39, 0.29) is 12.1 Å². The van der Waals surface area contributed by atoms with Crippen LogP contribution in [0.4, 0.5) is 52.7 Å². The smallest absolute Gasteiger partial charge is 0.180 e. The number of hydrogen-bond acceptors (Lipinski definition) is 4. The van der Waals surface area contributed by atoms with Gasteiger partial charge in [0.15, 0.2) is 69.8 Å². The summed E-state index contributed by atoms with van der Waals surface area (Å²) in [6, 6.07) is 3.43. The molecule has 0 bridgehead atoms. The number of hydrogen-bond donors (Lipinski definition) is 0. The Kier molecular flexibility index (Phi) is 7.74. The lowest BCUT2D eigenvalue weighted by molar-refractivity contribution is 0.447. The molecule has 0 saturated heterocycles. The standard InChI is InChI=1S/C28H2F12N4/c29-13-2-14(30)26(38)17(25(13)37)9(3-41)15-7(1-8-19(31)21(33)11(5-43)22(34)20(8)32)16(15)10(4-42)18-27(39)23(35)12(6-44)24(36)28(18)40/h1-2H. The molecule has 0 N–H and O–H groups in total. The molecule has 0 atom stereocenters. The molecule has 0 amide bonds. The maximum Gasteiger partial charge on any atom is 0.180 e. The largest absolute Gasteiger partial charge is 0.204 e. The fourth-order valence-electron chi connectivity index (χ4n) is 4.10. The topological polar surface area (TPSA) is 95.2 Å². The van der Waals surface area contributed by atoms with Gasteiger partial charge < -0.3 is 0 Å².